The molecule has 20 atom stereocenters. The van der Waals surface area contributed by atoms with Crippen molar-refractivity contribution in [2.75, 3.05) is 20.8 Å². The van der Waals surface area contributed by atoms with Gasteiger partial charge in [0.15, 0.2) is 18.9 Å². The Labute approximate surface area is 329 Å². The molecule has 0 aromatic heterocycles. The minimum atomic E-state index is -0.897. The van der Waals surface area contributed by atoms with Gasteiger partial charge in [0, 0.05) is 40.4 Å². The van der Waals surface area contributed by atoms with E-state index >= 15 is 0 Å². The Morgan fingerprint density at radius 3 is 2.20 bits per heavy atom. The molecule has 0 spiro atoms. The smallest absolute Gasteiger partial charge is 0.309 e. The number of aliphatic hydroxyl groups is 3. The fourth-order valence-electron chi connectivity index (χ4n) is 11.1. The number of carbonyl (C=O) groups excluding carboxylic acids is 1. The summed E-state index contributed by atoms with van der Waals surface area (Å²) in [6.45, 7) is 9.89. The molecule has 6 aliphatic heterocycles. The predicted molar refractivity (Wildman–Crippen MR) is 194 cm³/mol. The summed E-state index contributed by atoms with van der Waals surface area (Å²) in [6, 6.07) is 0. The second-order valence-electron chi connectivity index (χ2n) is 17.7. The maximum Gasteiger partial charge on any atom is 0.309 e. The van der Waals surface area contributed by atoms with E-state index in [0.717, 1.165) is 18.4 Å². The number of rotatable bonds is 8. The molecule has 316 valence electrons. The van der Waals surface area contributed by atoms with Crippen molar-refractivity contribution in [2.24, 2.45) is 23.2 Å². The van der Waals surface area contributed by atoms with Gasteiger partial charge in [-0.25, -0.2) is 0 Å². The third-order valence-corrected chi connectivity index (χ3v) is 14.2. The van der Waals surface area contributed by atoms with E-state index in [0.29, 0.717) is 38.7 Å². The Bertz CT molecular complexity index is 1480. The lowest BCUT2D eigenvalue weighted by molar-refractivity contribution is -0.338. The van der Waals surface area contributed by atoms with Gasteiger partial charge in [-0.15, -0.1) is 0 Å². The van der Waals surface area contributed by atoms with E-state index in [1.54, 1.807) is 27.4 Å². The van der Waals surface area contributed by atoms with E-state index in [9.17, 15) is 20.1 Å². The molecule has 6 heterocycles. The largest absolute Gasteiger partial charge is 0.469 e. The van der Waals surface area contributed by atoms with Gasteiger partial charge < -0.3 is 67.4 Å². The summed E-state index contributed by atoms with van der Waals surface area (Å²) in [4.78, 5) is 13.7. The molecule has 3 N–H and O–H groups in total. The van der Waals surface area contributed by atoms with Crippen molar-refractivity contribution in [1.29, 1.82) is 0 Å². The molecule has 1 unspecified atom stereocenters. The average molecular weight is 795 g/mol. The first kappa shape index (κ1) is 41.0. The van der Waals surface area contributed by atoms with Crippen molar-refractivity contribution in [3.05, 3.63) is 23.5 Å². The van der Waals surface area contributed by atoms with Gasteiger partial charge in [0.1, 0.15) is 24.4 Å². The highest BCUT2D eigenvalue weighted by Crippen LogP contribution is 2.57. The fourth-order valence-corrected chi connectivity index (χ4v) is 11.1. The highest BCUT2D eigenvalue weighted by Gasteiger charge is 2.59. The van der Waals surface area contributed by atoms with E-state index in [2.05, 4.69) is 13.0 Å². The molecule has 0 aromatic carbocycles. The molecule has 0 aromatic rings. The van der Waals surface area contributed by atoms with Crippen LogP contribution in [0.3, 0.4) is 0 Å². The summed E-state index contributed by atoms with van der Waals surface area (Å²) in [7, 11) is 3.16. The van der Waals surface area contributed by atoms with Crippen LogP contribution >= 0.6 is 0 Å². The van der Waals surface area contributed by atoms with Gasteiger partial charge >= 0.3 is 5.97 Å². The van der Waals surface area contributed by atoms with Crippen molar-refractivity contribution in [3.63, 3.8) is 0 Å². The number of hydrogen-bond donors (Lipinski definition) is 3. The van der Waals surface area contributed by atoms with Crippen molar-refractivity contribution in [3.8, 4) is 0 Å². The lowest BCUT2D eigenvalue weighted by Gasteiger charge is -2.52. The lowest BCUT2D eigenvalue weighted by Crippen LogP contribution is -2.57. The summed E-state index contributed by atoms with van der Waals surface area (Å²) in [5.74, 6) is -1.40. The first-order valence-corrected chi connectivity index (χ1v) is 20.6. The number of hydrogen-bond acceptors (Lipinski definition) is 15. The Morgan fingerprint density at radius 2 is 1.46 bits per heavy atom. The minimum absolute atomic E-state index is 0.00811. The number of fused-ring (bicyclic) bond motifs is 3. The summed E-state index contributed by atoms with van der Waals surface area (Å²) < 4.78 is 66.9. The Balaban J connectivity index is 0.868. The molecule has 1 saturated carbocycles. The van der Waals surface area contributed by atoms with Crippen LogP contribution < -0.4 is 0 Å². The van der Waals surface area contributed by atoms with Gasteiger partial charge in [0.25, 0.3) is 0 Å². The van der Waals surface area contributed by atoms with Crippen LogP contribution in [0.2, 0.25) is 0 Å². The quantitative estimate of drug-likeness (QED) is 0.241. The Morgan fingerprint density at radius 1 is 0.804 bits per heavy atom. The molecule has 2 aliphatic carbocycles. The Hall–Kier alpha value is -1.73. The van der Waals surface area contributed by atoms with Crippen molar-refractivity contribution in [1.82, 2.24) is 0 Å². The van der Waals surface area contributed by atoms with E-state index in [-0.39, 0.29) is 36.2 Å². The van der Waals surface area contributed by atoms with Crippen molar-refractivity contribution < 1.29 is 72.2 Å². The van der Waals surface area contributed by atoms with Crippen molar-refractivity contribution in [2.45, 2.75) is 184 Å². The highest BCUT2D eigenvalue weighted by molar-refractivity contribution is 5.74. The summed E-state index contributed by atoms with van der Waals surface area (Å²) >= 11 is 0. The standard InChI is InChI=1S/C41H62O15/c1-19-36(44)29(46-6)14-34(50-19)55-37-20(2)51-32(13-26(37)42)56-38-21(3)52-33(15-30(38)47-7)53-28-12-23-9-10-24-25(40(23,4)16-27(28)43)11-8-22-17-48-41(5)35(22)31(18-49-41)54-39(24)45/h9,17,19-21,24-38,42-44H,8,10-16,18H2,1-7H3/t19-,20+,21+,24+,25-,26-,27+,28+,29+,30-,31+,32-,33-,34-,35?,36-,37+,38+,40-,41-/m0/s1. The van der Waals surface area contributed by atoms with Crippen LogP contribution in [0, 0.1) is 23.2 Å². The molecule has 0 radical (unpaired) electrons. The van der Waals surface area contributed by atoms with Crippen LogP contribution in [0.5, 0.6) is 0 Å². The molecule has 0 bridgehead atoms. The monoisotopic (exact) mass is 794 g/mol. The zero-order chi connectivity index (χ0) is 39.7. The fraction of sp³-hybridized carbons (Fsp3) is 0.878. The first-order chi connectivity index (χ1) is 26.7. The second-order valence-corrected chi connectivity index (χ2v) is 17.7. The van der Waals surface area contributed by atoms with Gasteiger partial charge in [-0.2, -0.15) is 0 Å². The van der Waals surface area contributed by atoms with Crippen LogP contribution in [-0.2, 0) is 56.9 Å². The van der Waals surface area contributed by atoms with Crippen LogP contribution in [0.4, 0.5) is 0 Å². The normalized spacial score (nSPS) is 51.9. The number of aliphatic hydroxyl groups excluding tert-OH is 3. The molecule has 0 amide bonds. The number of esters is 1. The minimum Gasteiger partial charge on any atom is -0.469 e. The molecule has 6 fully saturated rings. The van der Waals surface area contributed by atoms with Gasteiger partial charge in [-0.3, -0.25) is 4.79 Å². The molecule has 5 saturated heterocycles. The van der Waals surface area contributed by atoms with E-state index in [4.69, 9.17) is 52.1 Å². The lowest BCUT2D eigenvalue weighted by atomic mass is 9.55. The zero-order valence-electron chi connectivity index (χ0n) is 33.7. The molecular formula is C41H62O15. The first-order valence-electron chi connectivity index (χ1n) is 20.6. The summed E-state index contributed by atoms with van der Waals surface area (Å²) in [5, 5.41) is 33.2. The van der Waals surface area contributed by atoms with Gasteiger partial charge in [-0.1, -0.05) is 18.6 Å². The SMILES string of the molecule is CO[C@H]1C[C@H](O[C@@H]2CC3=CC[C@H]4C(=O)O[C@@H]5CO[C@]6(C)OC=C(CC[C@@H]4[C@@]3(C)C[C@H]2O)C56)O[C@H](C)[C@H]1O[C@H]1C[C@H](O)[C@H](O[C@H]2C[C@@H](OC)[C@@H](O)[C@H](C)O2)[C@@H](C)O1. The van der Waals surface area contributed by atoms with Crippen LogP contribution in [-0.4, -0.2) is 140 Å². The topological polar surface area (TPSA) is 179 Å². The molecular weight excluding hydrogens is 732 g/mol. The van der Waals surface area contributed by atoms with Crippen molar-refractivity contribution >= 4 is 5.97 Å². The average Bonchev–Trinajstić information content (AvgIpc) is 3.67. The van der Waals surface area contributed by atoms with Gasteiger partial charge in [0.2, 0.25) is 5.79 Å². The molecule has 15 nitrogen and oxygen atoms in total. The van der Waals surface area contributed by atoms with Crippen LogP contribution in [0.25, 0.3) is 0 Å². The van der Waals surface area contributed by atoms with E-state index < -0.39 is 97.2 Å². The Kier molecular flexibility index (Phi) is 11.7. The molecule has 8 rings (SSSR count). The summed E-state index contributed by atoms with van der Waals surface area (Å²) in [6.07, 6.45) is -0.916. The maximum atomic E-state index is 13.7. The van der Waals surface area contributed by atoms with E-state index in [1.807, 2.05) is 20.8 Å². The van der Waals surface area contributed by atoms with E-state index in [1.165, 1.54) is 5.57 Å². The third kappa shape index (κ3) is 7.51. The predicted octanol–water partition coefficient (Wildman–Crippen LogP) is 3.00. The maximum absolute atomic E-state index is 13.7. The zero-order valence-corrected chi connectivity index (χ0v) is 33.7. The van der Waals surface area contributed by atoms with Crippen LogP contribution in [0.15, 0.2) is 23.5 Å². The number of methoxy groups -OCH3 is 2. The highest BCUT2D eigenvalue weighted by atomic mass is 16.7. The van der Waals surface area contributed by atoms with Crippen LogP contribution in [0.1, 0.15) is 86.0 Å². The molecule has 8 aliphatic rings. The molecule has 15 heteroatoms. The van der Waals surface area contributed by atoms with Gasteiger partial charge in [-0.05, 0) is 69.8 Å². The number of allylic oxidation sites excluding steroid dienone is 1. The molecule has 56 heavy (non-hydrogen) atoms. The summed E-state index contributed by atoms with van der Waals surface area (Å²) in [5.41, 5.74) is 1.92. The number of carbonyl (C=O) groups is 1. The second kappa shape index (κ2) is 16.0. The number of ether oxygens (including phenoxy) is 11. The third-order valence-electron chi connectivity index (χ3n) is 14.2. The van der Waals surface area contributed by atoms with Gasteiger partial charge in [0.05, 0.1) is 73.5 Å².